The molecular formula is C29H38N2O5. The highest BCUT2D eigenvalue weighted by molar-refractivity contribution is 5.60. The van der Waals surface area contributed by atoms with Gasteiger partial charge in [0.1, 0.15) is 5.41 Å². The molecule has 194 valence electrons. The van der Waals surface area contributed by atoms with Crippen LogP contribution in [0.15, 0.2) is 30.3 Å². The molecule has 0 radical (unpaired) electrons. The standard InChI is InChI=1S/C29H38N2O5/c1-7-19(2)29(18-30,28-35-23-12-8-9-13-24(23)36-28)14-10-11-21-16-22-20(17-31(21)3)15-25(32-4)27(34-6)26(22)33-5/h8-9,12-13,15,19,21,28H,7,10-11,14,16-17H2,1-6H3. The molecular weight excluding hydrogens is 456 g/mol. The molecule has 7 nitrogen and oxygen atoms in total. The summed E-state index contributed by atoms with van der Waals surface area (Å²) < 4.78 is 29.3. The van der Waals surface area contributed by atoms with Crippen molar-refractivity contribution in [3.05, 3.63) is 41.5 Å². The average molecular weight is 495 g/mol. The van der Waals surface area contributed by atoms with Gasteiger partial charge in [-0.2, -0.15) is 5.26 Å². The summed E-state index contributed by atoms with van der Waals surface area (Å²) >= 11 is 0. The number of nitrogens with zero attached hydrogens (tertiary/aromatic N) is 2. The molecule has 3 unspecified atom stereocenters. The van der Waals surface area contributed by atoms with Crippen molar-refractivity contribution in [1.29, 1.82) is 5.26 Å². The molecule has 0 N–H and O–H groups in total. The summed E-state index contributed by atoms with van der Waals surface area (Å²) in [5, 5.41) is 10.4. The van der Waals surface area contributed by atoms with E-state index >= 15 is 0 Å². The van der Waals surface area contributed by atoms with Gasteiger partial charge in [0, 0.05) is 18.2 Å². The Morgan fingerprint density at radius 1 is 1.11 bits per heavy atom. The molecule has 0 saturated heterocycles. The number of ether oxygens (including phenoxy) is 5. The maximum Gasteiger partial charge on any atom is 0.260 e. The van der Waals surface area contributed by atoms with Gasteiger partial charge in [-0.15, -0.1) is 0 Å². The molecule has 0 bridgehead atoms. The lowest BCUT2D eigenvalue weighted by Crippen LogP contribution is -2.45. The van der Waals surface area contributed by atoms with Crippen molar-refractivity contribution in [1.82, 2.24) is 4.90 Å². The van der Waals surface area contributed by atoms with Crippen LogP contribution < -0.4 is 23.7 Å². The van der Waals surface area contributed by atoms with Crippen molar-refractivity contribution < 1.29 is 23.7 Å². The fourth-order valence-corrected chi connectivity index (χ4v) is 5.66. The highest BCUT2D eigenvalue weighted by atomic mass is 16.7. The highest BCUT2D eigenvalue weighted by Crippen LogP contribution is 2.48. The van der Waals surface area contributed by atoms with Crippen LogP contribution in [0, 0.1) is 22.7 Å². The van der Waals surface area contributed by atoms with Crippen LogP contribution in [-0.2, 0) is 13.0 Å². The minimum Gasteiger partial charge on any atom is -0.493 e. The number of hydrogen-bond acceptors (Lipinski definition) is 7. The third-order valence-electron chi connectivity index (χ3n) is 8.07. The highest BCUT2D eigenvalue weighted by Gasteiger charge is 2.49. The van der Waals surface area contributed by atoms with E-state index in [0.717, 1.165) is 38.0 Å². The van der Waals surface area contributed by atoms with Crippen molar-refractivity contribution >= 4 is 0 Å². The van der Waals surface area contributed by atoms with Crippen LogP contribution in [-0.4, -0.2) is 45.6 Å². The zero-order valence-electron chi connectivity index (χ0n) is 22.3. The molecule has 3 atom stereocenters. The van der Waals surface area contributed by atoms with E-state index in [0.29, 0.717) is 35.5 Å². The fraction of sp³-hybridized carbons (Fsp3) is 0.552. The number of para-hydroxylation sites is 2. The fourth-order valence-electron chi connectivity index (χ4n) is 5.66. The van der Waals surface area contributed by atoms with Crippen LogP contribution >= 0.6 is 0 Å². The second-order valence-electron chi connectivity index (χ2n) is 9.92. The van der Waals surface area contributed by atoms with Crippen LogP contribution in [0.25, 0.3) is 0 Å². The minimum atomic E-state index is -0.729. The molecule has 0 saturated carbocycles. The molecule has 2 heterocycles. The molecule has 0 aromatic heterocycles. The number of hydrogen-bond donors (Lipinski definition) is 0. The number of methoxy groups -OCH3 is 3. The summed E-state index contributed by atoms with van der Waals surface area (Å²) in [6.07, 6.45) is 3.67. The van der Waals surface area contributed by atoms with Crippen molar-refractivity contribution in [3.8, 4) is 34.8 Å². The number of rotatable bonds is 10. The maximum absolute atomic E-state index is 10.4. The molecule has 0 fully saturated rings. The quantitative estimate of drug-likeness (QED) is 0.426. The van der Waals surface area contributed by atoms with Gasteiger partial charge in [-0.05, 0) is 62.4 Å². The van der Waals surface area contributed by atoms with E-state index in [1.54, 1.807) is 21.3 Å². The lowest BCUT2D eigenvalue weighted by molar-refractivity contribution is -0.0698. The zero-order chi connectivity index (χ0) is 25.9. The van der Waals surface area contributed by atoms with Crippen LogP contribution in [0.1, 0.15) is 50.7 Å². The molecule has 0 aliphatic carbocycles. The first-order valence-corrected chi connectivity index (χ1v) is 12.8. The van der Waals surface area contributed by atoms with Gasteiger partial charge in [0.05, 0.1) is 27.4 Å². The molecule has 7 heteroatoms. The Labute approximate surface area is 214 Å². The minimum absolute atomic E-state index is 0.128. The Bertz CT molecular complexity index is 1090. The molecule has 0 amide bonds. The van der Waals surface area contributed by atoms with E-state index in [2.05, 4.69) is 37.9 Å². The van der Waals surface area contributed by atoms with E-state index in [-0.39, 0.29) is 5.92 Å². The van der Waals surface area contributed by atoms with Gasteiger partial charge in [0.15, 0.2) is 23.0 Å². The lowest BCUT2D eigenvalue weighted by atomic mass is 9.71. The van der Waals surface area contributed by atoms with Crippen molar-refractivity contribution in [2.45, 2.75) is 64.8 Å². The van der Waals surface area contributed by atoms with E-state index < -0.39 is 11.7 Å². The smallest absolute Gasteiger partial charge is 0.260 e. The summed E-state index contributed by atoms with van der Waals surface area (Å²) in [5.41, 5.74) is 1.64. The van der Waals surface area contributed by atoms with Gasteiger partial charge in [-0.3, -0.25) is 4.90 Å². The Hall–Kier alpha value is -3.11. The first-order valence-electron chi connectivity index (χ1n) is 12.8. The molecule has 4 rings (SSSR count). The molecule has 36 heavy (non-hydrogen) atoms. The van der Waals surface area contributed by atoms with E-state index in [9.17, 15) is 5.26 Å². The van der Waals surface area contributed by atoms with Crippen LogP contribution in [0.2, 0.25) is 0 Å². The number of likely N-dealkylation sites (N-methyl/N-ethyl adjacent to an activating group) is 1. The largest absolute Gasteiger partial charge is 0.493 e. The first kappa shape index (κ1) is 26.0. The van der Waals surface area contributed by atoms with E-state index in [1.165, 1.54) is 11.1 Å². The molecule has 2 aromatic carbocycles. The Morgan fingerprint density at radius 3 is 2.33 bits per heavy atom. The topological polar surface area (TPSA) is 73.2 Å². The molecule has 2 aromatic rings. The van der Waals surface area contributed by atoms with Gasteiger partial charge in [0.25, 0.3) is 6.29 Å². The number of nitriles is 1. The molecule has 2 aliphatic rings. The third kappa shape index (κ3) is 4.55. The molecule has 0 spiro atoms. The lowest BCUT2D eigenvalue weighted by Gasteiger charge is -2.38. The Balaban J connectivity index is 1.51. The number of fused-ring (bicyclic) bond motifs is 2. The predicted octanol–water partition coefficient (Wildman–Crippen LogP) is 5.59. The maximum atomic E-state index is 10.4. The van der Waals surface area contributed by atoms with Gasteiger partial charge in [-0.1, -0.05) is 32.4 Å². The van der Waals surface area contributed by atoms with Crippen molar-refractivity contribution in [2.24, 2.45) is 11.3 Å². The summed E-state index contributed by atoms with van der Waals surface area (Å²) in [4.78, 5) is 2.38. The van der Waals surface area contributed by atoms with Gasteiger partial charge in [-0.25, -0.2) is 0 Å². The monoisotopic (exact) mass is 494 g/mol. The van der Waals surface area contributed by atoms with Crippen LogP contribution in [0.5, 0.6) is 28.7 Å². The van der Waals surface area contributed by atoms with Crippen LogP contribution in [0.3, 0.4) is 0 Å². The van der Waals surface area contributed by atoms with E-state index in [1.807, 2.05) is 24.3 Å². The Kier molecular flexibility index (Phi) is 7.85. The van der Waals surface area contributed by atoms with Crippen molar-refractivity contribution in [2.75, 3.05) is 28.4 Å². The SMILES string of the molecule is CCC(C)C(C#N)(CCCC1Cc2c(cc(OC)c(OC)c2OC)CN1C)C1Oc2ccccc2O1. The first-order chi connectivity index (χ1) is 17.4. The zero-order valence-corrected chi connectivity index (χ0v) is 22.3. The molecule has 2 aliphatic heterocycles. The second kappa shape index (κ2) is 10.9. The number of benzene rings is 2. The van der Waals surface area contributed by atoms with Crippen molar-refractivity contribution in [3.63, 3.8) is 0 Å². The normalized spacial score (nSPS) is 19.6. The summed E-state index contributed by atoms with van der Waals surface area (Å²) in [7, 11) is 7.12. The van der Waals surface area contributed by atoms with Gasteiger partial charge in [0.2, 0.25) is 5.75 Å². The van der Waals surface area contributed by atoms with Gasteiger partial charge >= 0.3 is 0 Å². The predicted molar refractivity (Wildman–Crippen MR) is 138 cm³/mol. The summed E-state index contributed by atoms with van der Waals surface area (Å²) in [5.74, 6) is 3.63. The van der Waals surface area contributed by atoms with Crippen LogP contribution in [0.4, 0.5) is 0 Å². The van der Waals surface area contributed by atoms with Gasteiger partial charge < -0.3 is 23.7 Å². The summed E-state index contributed by atoms with van der Waals surface area (Å²) in [6, 6.07) is 12.7. The third-order valence-corrected chi connectivity index (χ3v) is 8.07. The van der Waals surface area contributed by atoms with E-state index in [4.69, 9.17) is 23.7 Å². The second-order valence-corrected chi connectivity index (χ2v) is 9.92. The summed E-state index contributed by atoms with van der Waals surface area (Å²) in [6.45, 7) is 5.06. The Morgan fingerprint density at radius 2 is 1.78 bits per heavy atom. The average Bonchev–Trinajstić information content (AvgIpc) is 3.34.